The van der Waals surface area contributed by atoms with E-state index in [4.69, 9.17) is 5.73 Å². The van der Waals surface area contributed by atoms with Gasteiger partial charge in [0.05, 0.1) is 0 Å². The van der Waals surface area contributed by atoms with Crippen molar-refractivity contribution in [1.29, 1.82) is 0 Å². The molecule has 0 saturated heterocycles. The van der Waals surface area contributed by atoms with Gasteiger partial charge in [0.25, 0.3) is 0 Å². The molecule has 6 nitrogen and oxygen atoms in total. The molecule has 0 saturated carbocycles. The maximum Gasteiger partial charge on any atom is 0.245 e. The Balaban J connectivity index is 2.16. The van der Waals surface area contributed by atoms with E-state index in [9.17, 15) is 4.79 Å². The van der Waals surface area contributed by atoms with Crippen LogP contribution in [0.5, 0.6) is 0 Å². The summed E-state index contributed by atoms with van der Waals surface area (Å²) in [6.07, 6.45) is 1.57. The van der Waals surface area contributed by atoms with Crippen LogP contribution in [0.25, 0.3) is 11.4 Å². The van der Waals surface area contributed by atoms with Crippen LogP contribution in [0.2, 0.25) is 0 Å². The van der Waals surface area contributed by atoms with Gasteiger partial charge in [-0.3, -0.25) is 4.79 Å². The zero-order valence-corrected chi connectivity index (χ0v) is 12.8. The lowest BCUT2D eigenvalue weighted by atomic mass is 10.1. The van der Waals surface area contributed by atoms with Crippen molar-refractivity contribution in [2.75, 3.05) is 5.73 Å². The molecule has 1 aromatic heterocycles. The smallest absolute Gasteiger partial charge is 0.245 e. The highest BCUT2D eigenvalue weighted by Crippen LogP contribution is 2.17. The second-order valence-electron chi connectivity index (χ2n) is 6.09. The first-order valence-electron chi connectivity index (χ1n) is 6.85. The number of nitrogens with one attached hydrogen (secondary N) is 1. The fourth-order valence-corrected chi connectivity index (χ4v) is 1.82. The van der Waals surface area contributed by atoms with Gasteiger partial charge in [-0.25, -0.2) is 9.67 Å². The van der Waals surface area contributed by atoms with E-state index in [1.54, 1.807) is 30.1 Å². The van der Waals surface area contributed by atoms with Gasteiger partial charge in [-0.15, -0.1) is 0 Å². The number of nitrogens with two attached hydrogens (primary N) is 1. The molecule has 0 aliphatic rings. The van der Waals surface area contributed by atoms with Gasteiger partial charge in [0.1, 0.15) is 12.4 Å². The van der Waals surface area contributed by atoms with E-state index in [1.807, 2.05) is 32.9 Å². The van der Waals surface area contributed by atoms with Crippen LogP contribution in [0.15, 0.2) is 30.6 Å². The molecular formula is C15H21N5O. The number of anilines is 1. The monoisotopic (exact) mass is 287 g/mol. The van der Waals surface area contributed by atoms with Gasteiger partial charge in [-0.1, -0.05) is 0 Å². The molecule has 2 rings (SSSR count). The number of hydrogen-bond donors (Lipinski definition) is 2. The summed E-state index contributed by atoms with van der Waals surface area (Å²) in [5.41, 5.74) is 6.94. The molecule has 0 spiro atoms. The predicted octanol–water partition coefficient (Wildman–Crippen LogP) is 2.00. The summed E-state index contributed by atoms with van der Waals surface area (Å²) < 4.78 is 1.56. The number of benzene rings is 1. The van der Waals surface area contributed by atoms with Gasteiger partial charge < -0.3 is 11.1 Å². The Hall–Kier alpha value is -2.37. The number of carbonyl (C=O) groups excluding carboxylic acids is 1. The highest BCUT2D eigenvalue weighted by molar-refractivity contribution is 5.80. The molecule has 0 fully saturated rings. The zero-order valence-electron chi connectivity index (χ0n) is 12.8. The molecule has 112 valence electrons. The van der Waals surface area contributed by atoms with E-state index in [2.05, 4.69) is 15.4 Å². The fourth-order valence-electron chi connectivity index (χ4n) is 1.82. The summed E-state index contributed by atoms with van der Waals surface area (Å²) in [5.74, 6) is 0.488. The molecule has 1 unspecified atom stereocenters. The third-order valence-corrected chi connectivity index (χ3v) is 2.95. The molecule has 0 aliphatic carbocycles. The van der Waals surface area contributed by atoms with Crippen LogP contribution >= 0.6 is 0 Å². The molecule has 0 aliphatic heterocycles. The van der Waals surface area contributed by atoms with Gasteiger partial charge in [0.15, 0.2) is 5.82 Å². The third kappa shape index (κ3) is 3.81. The summed E-state index contributed by atoms with van der Waals surface area (Å²) in [5, 5.41) is 7.29. The van der Waals surface area contributed by atoms with Gasteiger partial charge in [-0.2, -0.15) is 5.10 Å². The summed E-state index contributed by atoms with van der Waals surface area (Å²) in [4.78, 5) is 16.4. The third-order valence-electron chi connectivity index (χ3n) is 2.95. The summed E-state index contributed by atoms with van der Waals surface area (Å²) in [6.45, 7) is 7.62. The minimum absolute atomic E-state index is 0.0868. The Morgan fingerprint density at radius 1 is 1.29 bits per heavy atom. The van der Waals surface area contributed by atoms with Crippen molar-refractivity contribution in [3.8, 4) is 11.4 Å². The topological polar surface area (TPSA) is 85.8 Å². The molecule has 1 amide bonds. The number of rotatable bonds is 3. The van der Waals surface area contributed by atoms with Crippen LogP contribution in [0.4, 0.5) is 5.69 Å². The molecule has 6 heteroatoms. The number of nitrogen functional groups attached to an aromatic ring is 1. The molecule has 0 radical (unpaired) electrons. The first kappa shape index (κ1) is 15.0. The van der Waals surface area contributed by atoms with E-state index in [1.165, 1.54) is 0 Å². The Kier molecular flexibility index (Phi) is 3.97. The second kappa shape index (κ2) is 5.55. The largest absolute Gasteiger partial charge is 0.399 e. The molecule has 2 aromatic rings. The van der Waals surface area contributed by atoms with Crippen molar-refractivity contribution in [3.05, 3.63) is 30.6 Å². The average molecular weight is 287 g/mol. The van der Waals surface area contributed by atoms with E-state index in [0.717, 1.165) is 5.56 Å². The van der Waals surface area contributed by atoms with E-state index < -0.39 is 6.04 Å². The molecule has 1 heterocycles. The Bertz CT molecular complexity index is 624. The lowest BCUT2D eigenvalue weighted by Crippen LogP contribution is -2.43. The molecule has 0 bridgehead atoms. The molecule has 21 heavy (non-hydrogen) atoms. The Labute approximate surface area is 124 Å². The van der Waals surface area contributed by atoms with Crippen molar-refractivity contribution < 1.29 is 4.79 Å². The first-order chi connectivity index (χ1) is 9.76. The average Bonchev–Trinajstić information content (AvgIpc) is 2.86. The second-order valence-corrected chi connectivity index (χ2v) is 6.09. The molecule has 1 atom stereocenters. The van der Waals surface area contributed by atoms with E-state index in [-0.39, 0.29) is 11.4 Å². The lowest BCUT2D eigenvalue weighted by molar-refractivity contribution is -0.125. The van der Waals surface area contributed by atoms with Crippen molar-refractivity contribution in [2.24, 2.45) is 0 Å². The van der Waals surface area contributed by atoms with Crippen LogP contribution < -0.4 is 11.1 Å². The van der Waals surface area contributed by atoms with Crippen LogP contribution in [-0.4, -0.2) is 26.2 Å². The number of nitrogens with zero attached hydrogens (tertiary/aromatic N) is 3. The van der Waals surface area contributed by atoms with Crippen molar-refractivity contribution in [3.63, 3.8) is 0 Å². The molecule has 3 N–H and O–H groups in total. The summed E-state index contributed by atoms with van der Waals surface area (Å²) in [6, 6.07) is 6.89. The van der Waals surface area contributed by atoms with Crippen molar-refractivity contribution >= 4 is 11.6 Å². The lowest BCUT2D eigenvalue weighted by Gasteiger charge is -2.23. The highest BCUT2D eigenvalue weighted by Gasteiger charge is 2.21. The van der Waals surface area contributed by atoms with E-state index in [0.29, 0.717) is 11.5 Å². The fraction of sp³-hybridized carbons (Fsp3) is 0.400. The standard InChI is InChI=1S/C15H21N5O/c1-10(14(21)18-15(2,3)4)20-9-17-13(19-20)11-5-7-12(16)8-6-11/h5-10H,16H2,1-4H3,(H,18,21). The number of hydrogen-bond acceptors (Lipinski definition) is 4. The SMILES string of the molecule is CC(C(=O)NC(C)(C)C)n1cnc(-c2ccc(N)cc2)n1. The summed E-state index contributed by atoms with van der Waals surface area (Å²) >= 11 is 0. The minimum Gasteiger partial charge on any atom is -0.399 e. The van der Waals surface area contributed by atoms with Crippen LogP contribution in [0.1, 0.15) is 33.7 Å². The van der Waals surface area contributed by atoms with Gasteiger partial charge in [-0.05, 0) is 52.0 Å². The van der Waals surface area contributed by atoms with Crippen LogP contribution in [0.3, 0.4) is 0 Å². The molecule has 1 aromatic carbocycles. The Morgan fingerprint density at radius 3 is 2.48 bits per heavy atom. The normalized spacial score (nSPS) is 13.0. The maximum atomic E-state index is 12.1. The predicted molar refractivity (Wildman–Crippen MR) is 82.5 cm³/mol. The highest BCUT2D eigenvalue weighted by atomic mass is 16.2. The maximum absolute atomic E-state index is 12.1. The van der Waals surface area contributed by atoms with E-state index >= 15 is 0 Å². The van der Waals surface area contributed by atoms with Crippen LogP contribution in [-0.2, 0) is 4.79 Å². The molecular weight excluding hydrogens is 266 g/mol. The van der Waals surface area contributed by atoms with Gasteiger partial charge >= 0.3 is 0 Å². The number of amides is 1. The quantitative estimate of drug-likeness (QED) is 0.845. The minimum atomic E-state index is -0.417. The number of carbonyl (C=O) groups is 1. The van der Waals surface area contributed by atoms with Gasteiger partial charge in [0.2, 0.25) is 5.91 Å². The summed E-state index contributed by atoms with van der Waals surface area (Å²) in [7, 11) is 0. The van der Waals surface area contributed by atoms with Crippen LogP contribution in [0, 0.1) is 0 Å². The Morgan fingerprint density at radius 2 is 1.90 bits per heavy atom. The van der Waals surface area contributed by atoms with Crippen molar-refractivity contribution in [2.45, 2.75) is 39.3 Å². The van der Waals surface area contributed by atoms with Gasteiger partial charge in [0, 0.05) is 16.8 Å². The number of aromatic nitrogens is 3. The van der Waals surface area contributed by atoms with Crippen molar-refractivity contribution in [1.82, 2.24) is 20.1 Å². The zero-order chi connectivity index (χ0) is 15.6. The first-order valence-corrected chi connectivity index (χ1v) is 6.85.